The lowest BCUT2D eigenvalue weighted by Crippen LogP contribution is -2.04. The largest absolute Gasteiger partial charge is 0.478 e. The third kappa shape index (κ3) is 2.65. The second-order valence-electron chi connectivity index (χ2n) is 4.73. The number of benzene rings is 2. The van der Waals surface area contributed by atoms with Gasteiger partial charge in [0.25, 0.3) is 0 Å². The van der Waals surface area contributed by atoms with Gasteiger partial charge in [-0.3, -0.25) is 0 Å². The number of hydrogen-bond acceptors (Lipinski definition) is 1. The van der Waals surface area contributed by atoms with Crippen LogP contribution < -0.4 is 0 Å². The van der Waals surface area contributed by atoms with E-state index in [4.69, 9.17) is 0 Å². The quantitative estimate of drug-likeness (QED) is 0.678. The molecule has 1 heterocycles. The molecule has 0 saturated heterocycles. The molecular formula is C16H11FINO2. The van der Waals surface area contributed by atoms with Gasteiger partial charge >= 0.3 is 5.97 Å². The van der Waals surface area contributed by atoms with Crippen LogP contribution in [-0.4, -0.2) is 15.6 Å². The molecule has 0 aliphatic carbocycles. The number of aromatic carboxylic acids is 1. The Hall–Kier alpha value is -1.89. The number of halogens is 2. The first-order valence-corrected chi connectivity index (χ1v) is 7.39. The third-order valence-electron chi connectivity index (χ3n) is 3.37. The maximum Gasteiger partial charge on any atom is 0.337 e. The lowest BCUT2D eigenvalue weighted by atomic mass is 10.1. The van der Waals surface area contributed by atoms with E-state index in [9.17, 15) is 14.3 Å². The summed E-state index contributed by atoms with van der Waals surface area (Å²) < 4.78 is 16.7. The van der Waals surface area contributed by atoms with Crippen LogP contribution in [0.5, 0.6) is 0 Å². The molecule has 3 nitrogen and oxygen atoms in total. The molecule has 106 valence electrons. The highest BCUT2D eigenvalue weighted by Crippen LogP contribution is 2.24. The summed E-state index contributed by atoms with van der Waals surface area (Å²) in [4.78, 5) is 11.3. The van der Waals surface area contributed by atoms with E-state index in [0.29, 0.717) is 17.4 Å². The van der Waals surface area contributed by atoms with Crippen LogP contribution in [0, 0.1) is 9.39 Å². The van der Waals surface area contributed by atoms with Gasteiger partial charge in [0, 0.05) is 21.7 Å². The Morgan fingerprint density at radius 2 is 1.86 bits per heavy atom. The van der Waals surface area contributed by atoms with E-state index in [0.717, 1.165) is 9.13 Å². The van der Waals surface area contributed by atoms with E-state index in [2.05, 4.69) is 22.6 Å². The van der Waals surface area contributed by atoms with Crippen LogP contribution in [0.1, 0.15) is 15.9 Å². The van der Waals surface area contributed by atoms with Crippen molar-refractivity contribution in [3.8, 4) is 0 Å². The van der Waals surface area contributed by atoms with E-state index >= 15 is 0 Å². The highest BCUT2D eigenvalue weighted by molar-refractivity contribution is 14.1. The molecule has 1 aromatic heterocycles. The molecule has 3 aromatic rings. The van der Waals surface area contributed by atoms with Gasteiger partial charge in [0.15, 0.2) is 0 Å². The van der Waals surface area contributed by atoms with E-state index in [-0.39, 0.29) is 5.56 Å². The summed E-state index contributed by atoms with van der Waals surface area (Å²) >= 11 is 2.22. The first kappa shape index (κ1) is 14.1. The summed E-state index contributed by atoms with van der Waals surface area (Å²) in [6.45, 7) is 0.504. The van der Waals surface area contributed by atoms with Gasteiger partial charge in [0.05, 0.1) is 11.1 Å². The van der Waals surface area contributed by atoms with Crippen molar-refractivity contribution in [1.82, 2.24) is 4.57 Å². The minimum Gasteiger partial charge on any atom is -0.478 e. The topological polar surface area (TPSA) is 42.2 Å². The fourth-order valence-corrected chi connectivity index (χ4v) is 2.74. The van der Waals surface area contributed by atoms with Gasteiger partial charge in [-0.05, 0) is 58.5 Å². The molecular weight excluding hydrogens is 384 g/mol. The van der Waals surface area contributed by atoms with E-state index in [1.54, 1.807) is 16.8 Å². The Morgan fingerprint density at radius 1 is 1.14 bits per heavy atom. The number of nitrogens with zero attached hydrogens (tertiary/aromatic N) is 1. The Balaban J connectivity index is 2.12. The van der Waals surface area contributed by atoms with E-state index in [1.807, 2.05) is 24.3 Å². The van der Waals surface area contributed by atoms with Crippen LogP contribution in [0.4, 0.5) is 4.39 Å². The monoisotopic (exact) mass is 395 g/mol. The summed E-state index contributed by atoms with van der Waals surface area (Å²) in [5.41, 5.74) is 1.57. The van der Waals surface area contributed by atoms with Crippen LogP contribution in [0.2, 0.25) is 0 Å². The number of rotatable bonds is 3. The molecule has 2 aromatic carbocycles. The summed E-state index contributed by atoms with van der Waals surface area (Å²) in [6.07, 6.45) is 1.72. The summed E-state index contributed by atoms with van der Waals surface area (Å²) in [6, 6.07) is 12.1. The standard InChI is InChI=1S/C16H11FINO2/c17-14-6-5-13(16(20)21)15-12(14)7-8-19(15)9-10-1-3-11(18)4-2-10/h1-8H,9H2,(H,20,21). The average Bonchev–Trinajstić information content (AvgIpc) is 2.86. The molecule has 0 saturated carbocycles. The van der Waals surface area contributed by atoms with Crippen LogP contribution >= 0.6 is 22.6 Å². The molecule has 0 aliphatic heterocycles. The number of hydrogen-bond donors (Lipinski definition) is 1. The van der Waals surface area contributed by atoms with Gasteiger partial charge in [0.1, 0.15) is 5.82 Å². The zero-order chi connectivity index (χ0) is 15.0. The van der Waals surface area contributed by atoms with Crippen molar-refractivity contribution >= 4 is 39.5 Å². The maximum absolute atomic E-state index is 13.8. The Kier molecular flexibility index (Phi) is 3.67. The van der Waals surface area contributed by atoms with E-state index < -0.39 is 11.8 Å². The lowest BCUT2D eigenvalue weighted by Gasteiger charge is -2.08. The Morgan fingerprint density at radius 3 is 2.52 bits per heavy atom. The van der Waals surface area contributed by atoms with Gasteiger partial charge in [-0.2, -0.15) is 0 Å². The smallest absolute Gasteiger partial charge is 0.337 e. The fraction of sp³-hybridized carbons (Fsp3) is 0.0625. The van der Waals surface area contributed by atoms with Crippen LogP contribution in [0.25, 0.3) is 10.9 Å². The summed E-state index contributed by atoms with van der Waals surface area (Å²) in [7, 11) is 0. The van der Waals surface area contributed by atoms with Crippen molar-refractivity contribution in [2.24, 2.45) is 0 Å². The first-order valence-electron chi connectivity index (χ1n) is 6.31. The molecule has 3 rings (SSSR count). The molecule has 1 N–H and O–H groups in total. The highest BCUT2D eigenvalue weighted by atomic mass is 127. The van der Waals surface area contributed by atoms with E-state index in [1.165, 1.54) is 12.1 Å². The SMILES string of the molecule is O=C(O)c1ccc(F)c2ccn(Cc3ccc(I)cc3)c12. The zero-order valence-corrected chi connectivity index (χ0v) is 13.0. The molecule has 21 heavy (non-hydrogen) atoms. The third-order valence-corrected chi connectivity index (χ3v) is 4.09. The number of aromatic nitrogens is 1. The van der Waals surface area contributed by atoms with Gasteiger partial charge < -0.3 is 9.67 Å². The number of carbonyl (C=O) groups is 1. The predicted molar refractivity (Wildman–Crippen MR) is 87.1 cm³/mol. The number of carboxylic acids is 1. The molecule has 0 atom stereocenters. The lowest BCUT2D eigenvalue weighted by molar-refractivity contribution is 0.0698. The molecule has 0 aliphatic rings. The maximum atomic E-state index is 13.8. The van der Waals surface area contributed by atoms with Crippen molar-refractivity contribution in [3.05, 3.63) is 69.2 Å². The van der Waals surface area contributed by atoms with Crippen LogP contribution in [0.15, 0.2) is 48.7 Å². The number of fused-ring (bicyclic) bond motifs is 1. The Bertz CT molecular complexity index is 824. The number of carboxylic acid groups (broad SMARTS) is 1. The van der Waals surface area contributed by atoms with Crippen LogP contribution in [0.3, 0.4) is 0 Å². The second-order valence-corrected chi connectivity index (χ2v) is 5.98. The van der Waals surface area contributed by atoms with Crippen molar-refractivity contribution in [1.29, 1.82) is 0 Å². The highest BCUT2D eigenvalue weighted by Gasteiger charge is 2.15. The summed E-state index contributed by atoms with van der Waals surface area (Å²) in [5.74, 6) is -1.46. The first-order chi connectivity index (χ1) is 10.1. The minimum atomic E-state index is -1.05. The minimum absolute atomic E-state index is 0.113. The van der Waals surface area contributed by atoms with Crippen molar-refractivity contribution in [3.63, 3.8) is 0 Å². The molecule has 0 spiro atoms. The molecule has 5 heteroatoms. The van der Waals surface area contributed by atoms with Crippen molar-refractivity contribution < 1.29 is 14.3 Å². The molecule has 0 fully saturated rings. The van der Waals surface area contributed by atoms with Gasteiger partial charge in [-0.15, -0.1) is 0 Å². The molecule has 0 unspecified atom stereocenters. The zero-order valence-electron chi connectivity index (χ0n) is 10.9. The molecule has 0 radical (unpaired) electrons. The molecule has 0 bridgehead atoms. The van der Waals surface area contributed by atoms with Gasteiger partial charge in [-0.25, -0.2) is 9.18 Å². The second kappa shape index (κ2) is 5.48. The van der Waals surface area contributed by atoms with Crippen LogP contribution in [-0.2, 0) is 6.54 Å². The molecule has 0 amide bonds. The van der Waals surface area contributed by atoms with Gasteiger partial charge in [0.2, 0.25) is 0 Å². The predicted octanol–water partition coefficient (Wildman–Crippen LogP) is 4.13. The van der Waals surface area contributed by atoms with Crippen molar-refractivity contribution in [2.75, 3.05) is 0 Å². The average molecular weight is 395 g/mol. The normalized spacial score (nSPS) is 11.0. The summed E-state index contributed by atoms with van der Waals surface area (Å²) in [5, 5.41) is 9.62. The van der Waals surface area contributed by atoms with Crippen molar-refractivity contribution in [2.45, 2.75) is 6.54 Å². The Labute approximate surface area is 134 Å². The fourth-order valence-electron chi connectivity index (χ4n) is 2.38. The van der Waals surface area contributed by atoms with Gasteiger partial charge in [-0.1, -0.05) is 12.1 Å².